The fourth-order valence-electron chi connectivity index (χ4n) is 3.32. The third-order valence-electron chi connectivity index (χ3n) is 4.68. The van der Waals surface area contributed by atoms with E-state index in [2.05, 4.69) is 15.0 Å². The van der Waals surface area contributed by atoms with Crippen LogP contribution < -0.4 is 5.73 Å². The maximum atomic E-state index is 12.9. The van der Waals surface area contributed by atoms with Crippen molar-refractivity contribution >= 4 is 23.2 Å². The fourth-order valence-corrected chi connectivity index (χ4v) is 4.35. The molecule has 0 aliphatic carbocycles. The number of hydrogen-bond donors (Lipinski definition) is 1. The van der Waals surface area contributed by atoms with Crippen LogP contribution in [0.4, 0.5) is 0 Å². The standard InChI is InChI=1S/C20H27N5O2S/c1-11-7-9-25(16(11)18(21)27)15(26)10-14-23-12(2)17(28-14)13-6-8-22-19(24-13)20(3,4)5/h6,8,11,16H,7,9-10H2,1-5H3,(H2,21,27)/t11-,16+/m1/s1/i3D3,4D3,5D3. The lowest BCUT2D eigenvalue weighted by molar-refractivity contribution is -0.137. The number of carbonyl (C=O) groups excluding carboxylic acids is 2. The van der Waals surface area contributed by atoms with Crippen molar-refractivity contribution in [2.24, 2.45) is 11.7 Å². The summed E-state index contributed by atoms with van der Waals surface area (Å²) in [6, 6.07) is 0.676. The highest BCUT2D eigenvalue weighted by molar-refractivity contribution is 7.15. The van der Waals surface area contributed by atoms with E-state index in [0.717, 1.165) is 17.5 Å². The second kappa shape index (κ2) is 7.58. The van der Waals surface area contributed by atoms with E-state index in [4.69, 9.17) is 18.1 Å². The Morgan fingerprint density at radius 1 is 1.39 bits per heavy atom. The molecule has 3 heterocycles. The van der Waals surface area contributed by atoms with Crippen molar-refractivity contribution in [2.75, 3.05) is 6.54 Å². The highest BCUT2D eigenvalue weighted by atomic mass is 32.1. The second-order valence-corrected chi connectivity index (χ2v) is 8.00. The molecule has 0 spiro atoms. The summed E-state index contributed by atoms with van der Waals surface area (Å²) in [5, 5.41) is 0.383. The SMILES string of the molecule is [2H]C([2H])([2H])C(c1nccc(-c2sc(CC(=O)N3CC[C@@H](C)[C@H]3C(N)=O)nc2C)n1)(C([2H])([2H])[2H])C([2H])([2H])[2H]. The minimum absolute atomic E-state index is 0.0654. The van der Waals surface area contributed by atoms with Gasteiger partial charge in [-0.3, -0.25) is 9.59 Å². The lowest BCUT2D eigenvalue weighted by atomic mass is 9.95. The lowest BCUT2D eigenvalue weighted by Gasteiger charge is -2.23. The summed E-state index contributed by atoms with van der Waals surface area (Å²) in [5.41, 5.74) is 2.63. The quantitative estimate of drug-likeness (QED) is 0.834. The lowest BCUT2D eigenvalue weighted by Crippen LogP contribution is -2.46. The number of nitrogens with two attached hydrogens (primary N) is 1. The van der Waals surface area contributed by atoms with Crippen LogP contribution in [-0.2, 0) is 21.4 Å². The van der Waals surface area contributed by atoms with Crippen LogP contribution in [0, 0.1) is 12.8 Å². The van der Waals surface area contributed by atoms with Gasteiger partial charge < -0.3 is 10.6 Å². The number of nitrogens with zero attached hydrogens (tertiary/aromatic N) is 4. The number of aromatic nitrogens is 3. The van der Waals surface area contributed by atoms with Crippen molar-refractivity contribution in [1.82, 2.24) is 19.9 Å². The van der Waals surface area contributed by atoms with Crippen molar-refractivity contribution < 1.29 is 21.9 Å². The van der Waals surface area contributed by atoms with Crippen molar-refractivity contribution in [3.63, 3.8) is 0 Å². The number of hydrogen-bond acceptors (Lipinski definition) is 6. The first kappa shape index (κ1) is 11.6. The van der Waals surface area contributed by atoms with Gasteiger partial charge in [-0.05, 0) is 25.3 Å². The summed E-state index contributed by atoms with van der Waals surface area (Å²) >= 11 is 1.07. The van der Waals surface area contributed by atoms with Crippen molar-refractivity contribution in [1.29, 1.82) is 0 Å². The van der Waals surface area contributed by atoms with Gasteiger partial charge in [-0.2, -0.15) is 0 Å². The number of amides is 2. The van der Waals surface area contributed by atoms with Crippen LogP contribution in [0.3, 0.4) is 0 Å². The number of aryl methyl sites for hydroxylation is 1. The Bertz CT molecular complexity index is 1160. The third kappa shape index (κ3) is 4.06. The Morgan fingerprint density at radius 3 is 2.82 bits per heavy atom. The van der Waals surface area contributed by atoms with Crippen molar-refractivity contribution in [3.8, 4) is 10.6 Å². The largest absolute Gasteiger partial charge is 0.368 e. The average Bonchev–Trinajstić information content (AvgIpc) is 3.27. The summed E-state index contributed by atoms with van der Waals surface area (Å²) in [4.78, 5) is 38.9. The van der Waals surface area contributed by atoms with Crippen LogP contribution in [0.1, 0.15) is 62.8 Å². The molecular formula is C20H27N5O2S. The molecule has 8 heteroatoms. The monoisotopic (exact) mass is 410 g/mol. The molecule has 7 nitrogen and oxygen atoms in total. The van der Waals surface area contributed by atoms with E-state index in [1.165, 1.54) is 11.0 Å². The minimum atomic E-state index is -3.49. The van der Waals surface area contributed by atoms with E-state index < -0.39 is 43.7 Å². The maximum Gasteiger partial charge on any atom is 0.240 e. The van der Waals surface area contributed by atoms with E-state index in [0.29, 0.717) is 28.5 Å². The Balaban J connectivity index is 2.02. The van der Waals surface area contributed by atoms with Crippen LogP contribution in [0.15, 0.2) is 12.3 Å². The van der Waals surface area contributed by atoms with Crippen LogP contribution in [-0.4, -0.2) is 44.3 Å². The van der Waals surface area contributed by atoms with Crippen molar-refractivity contribution in [3.05, 3.63) is 28.8 Å². The first-order valence-electron chi connectivity index (χ1n) is 13.2. The van der Waals surface area contributed by atoms with Crippen LogP contribution in [0.25, 0.3) is 10.6 Å². The summed E-state index contributed by atoms with van der Waals surface area (Å²) in [7, 11) is 0. The Hall–Kier alpha value is -2.35. The predicted molar refractivity (Wildman–Crippen MR) is 109 cm³/mol. The predicted octanol–water partition coefficient (Wildman–Crippen LogP) is 2.47. The third-order valence-corrected chi connectivity index (χ3v) is 5.86. The molecule has 1 saturated heterocycles. The van der Waals surface area contributed by atoms with Gasteiger partial charge in [-0.1, -0.05) is 27.5 Å². The molecule has 1 fully saturated rings. The zero-order valence-electron chi connectivity index (χ0n) is 24.5. The molecule has 1 aliphatic heterocycles. The Morgan fingerprint density at radius 2 is 2.14 bits per heavy atom. The average molecular weight is 411 g/mol. The molecule has 1 aliphatic rings. The molecule has 150 valence electrons. The van der Waals surface area contributed by atoms with E-state index in [9.17, 15) is 9.59 Å². The molecule has 3 rings (SSSR count). The molecule has 0 aromatic carbocycles. The summed E-state index contributed by atoms with van der Waals surface area (Å²) < 4.78 is 70.9. The van der Waals surface area contributed by atoms with E-state index >= 15 is 0 Å². The van der Waals surface area contributed by atoms with Crippen LogP contribution in [0.5, 0.6) is 0 Å². The van der Waals surface area contributed by atoms with E-state index in [-0.39, 0.29) is 23.9 Å². The number of rotatable bonds is 4. The van der Waals surface area contributed by atoms with Gasteiger partial charge in [-0.25, -0.2) is 15.0 Å². The molecule has 2 amide bonds. The fraction of sp³-hybridized carbons (Fsp3) is 0.550. The van der Waals surface area contributed by atoms with Gasteiger partial charge in [0, 0.05) is 30.5 Å². The summed E-state index contributed by atoms with van der Waals surface area (Å²) in [6.07, 6.45) is 1.62. The highest BCUT2D eigenvalue weighted by Gasteiger charge is 2.38. The minimum Gasteiger partial charge on any atom is -0.368 e. The molecule has 0 unspecified atom stereocenters. The van der Waals surface area contributed by atoms with Crippen LogP contribution in [0.2, 0.25) is 0 Å². The Kier molecular flexibility index (Phi) is 3.14. The number of carbonyl (C=O) groups is 2. The molecule has 2 aromatic heterocycles. The number of likely N-dealkylation sites (tertiary alicyclic amines) is 1. The van der Waals surface area contributed by atoms with Gasteiger partial charge in [-0.15, -0.1) is 11.3 Å². The van der Waals surface area contributed by atoms with Gasteiger partial charge in [0.15, 0.2) is 0 Å². The Labute approximate surface area is 182 Å². The molecular weight excluding hydrogens is 374 g/mol. The van der Waals surface area contributed by atoms with Gasteiger partial charge in [0.25, 0.3) is 0 Å². The summed E-state index contributed by atoms with van der Waals surface area (Å²) in [5.74, 6) is -1.83. The zero-order chi connectivity index (χ0) is 28.1. The molecule has 0 bridgehead atoms. The molecule has 0 radical (unpaired) electrons. The van der Waals surface area contributed by atoms with Crippen LogP contribution >= 0.6 is 11.3 Å². The maximum absolute atomic E-state index is 12.9. The molecule has 2 atom stereocenters. The highest BCUT2D eigenvalue weighted by Crippen LogP contribution is 2.31. The first-order chi connectivity index (χ1) is 16.8. The zero-order valence-corrected chi connectivity index (χ0v) is 16.3. The number of primary amides is 1. The van der Waals surface area contributed by atoms with Gasteiger partial charge in [0.1, 0.15) is 16.9 Å². The normalized spacial score (nSPS) is 25.9. The van der Waals surface area contributed by atoms with Gasteiger partial charge in [0.05, 0.1) is 22.7 Å². The topological polar surface area (TPSA) is 102 Å². The van der Waals surface area contributed by atoms with Crippen molar-refractivity contribution in [2.45, 2.75) is 58.7 Å². The second-order valence-electron chi connectivity index (χ2n) is 6.91. The number of thiazole rings is 1. The molecule has 0 saturated carbocycles. The van der Waals surface area contributed by atoms with Gasteiger partial charge in [0.2, 0.25) is 11.8 Å². The summed E-state index contributed by atoms with van der Waals surface area (Å²) in [6.45, 7) is -6.62. The van der Waals surface area contributed by atoms with E-state index in [1.807, 2.05) is 6.92 Å². The van der Waals surface area contributed by atoms with E-state index in [1.54, 1.807) is 6.92 Å². The molecule has 28 heavy (non-hydrogen) atoms. The molecule has 2 aromatic rings. The smallest absolute Gasteiger partial charge is 0.240 e. The van der Waals surface area contributed by atoms with Gasteiger partial charge >= 0.3 is 0 Å². The molecule has 2 N–H and O–H groups in total. The first-order valence-corrected chi connectivity index (χ1v) is 9.53.